The predicted octanol–water partition coefficient (Wildman–Crippen LogP) is 5.01. The number of halogens is 1. The molecule has 1 atom stereocenters. The lowest BCUT2D eigenvalue weighted by Gasteiger charge is -2.12. The summed E-state index contributed by atoms with van der Waals surface area (Å²) >= 11 is 4.86. The van der Waals surface area contributed by atoms with Crippen LogP contribution >= 0.6 is 27.7 Å². The van der Waals surface area contributed by atoms with Crippen molar-refractivity contribution in [2.45, 2.75) is 37.2 Å². The molecule has 26 heavy (non-hydrogen) atoms. The molecule has 0 saturated carbocycles. The van der Waals surface area contributed by atoms with Crippen LogP contribution in [0.4, 0.5) is 0 Å². The van der Waals surface area contributed by atoms with E-state index in [9.17, 15) is 4.79 Å². The lowest BCUT2D eigenvalue weighted by molar-refractivity contribution is 0.0994. The van der Waals surface area contributed by atoms with Crippen LogP contribution in [-0.4, -0.2) is 25.8 Å². The number of carbonyl (C=O) groups excluding carboxylic acids is 1. The topological polar surface area (TPSA) is 47.8 Å². The Bertz CT molecular complexity index is 878. The number of hydrogen-bond donors (Lipinski definition) is 0. The maximum atomic E-state index is 12.7. The van der Waals surface area contributed by atoms with Gasteiger partial charge in [0.05, 0.1) is 5.25 Å². The highest BCUT2D eigenvalue weighted by Crippen LogP contribution is 2.26. The van der Waals surface area contributed by atoms with Crippen LogP contribution in [-0.2, 0) is 13.0 Å². The molecule has 1 heterocycles. The zero-order valence-electron chi connectivity index (χ0n) is 14.7. The van der Waals surface area contributed by atoms with Crippen molar-refractivity contribution >= 4 is 33.5 Å². The van der Waals surface area contributed by atoms with Crippen LogP contribution in [0.3, 0.4) is 0 Å². The average molecular weight is 430 g/mol. The second-order valence-electron chi connectivity index (χ2n) is 5.94. The number of hydrogen-bond acceptors (Lipinski definition) is 4. The maximum absolute atomic E-state index is 12.7. The summed E-state index contributed by atoms with van der Waals surface area (Å²) in [7, 11) is 0. The van der Waals surface area contributed by atoms with E-state index in [0.717, 1.165) is 28.4 Å². The van der Waals surface area contributed by atoms with Crippen molar-refractivity contribution in [2.24, 2.45) is 0 Å². The van der Waals surface area contributed by atoms with Gasteiger partial charge in [-0.1, -0.05) is 70.2 Å². The number of thioether (sulfide) groups is 1. The summed E-state index contributed by atoms with van der Waals surface area (Å²) in [5.41, 5.74) is 1.91. The van der Waals surface area contributed by atoms with Gasteiger partial charge in [-0.25, -0.2) is 0 Å². The van der Waals surface area contributed by atoms with Crippen molar-refractivity contribution in [2.75, 3.05) is 0 Å². The SMILES string of the molecule is CCn1c(Cc2ccccc2)nnc1S[C@@H](C)C(=O)c1ccc(Br)cc1. The third-order valence-corrected chi connectivity index (χ3v) is 5.70. The summed E-state index contributed by atoms with van der Waals surface area (Å²) in [6.07, 6.45) is 0.733. The molecule has 0 aliphatic carbocycles. The first kappa shape index (κ1) is 18.9. The third kappa shape index (κ3) is 4.43. The molecule has 0 aliphatic rings. The summed E-state index contributed by atoms with van der Waals surface area (Å²) in [5, 5.41) is 9.24. The van der Waals surface area contributed by atoms with Crippen molar-refractivity contribution < 1.29 is 4.79 Å². The normalized spacial score (nSPS) is 12.1. The number of benzene rings is 2. The molecule has 0 spiro atoms. The maximum Gasteiger partial charge on any atom is 0.191 e. The molecule has 6 heteroatoms. The Hall–Kier alpha value is -1.92. The fraction of sp³-hybridized carbons (Fsp3) is 0.250. The molecule has 0 radical (unpaired) electrons. The zero-order chi connectivity index (χ0) is 18.5. The molecular weight excluding hydrogens is 410 g/mol. The molecule has 0 aliphatic heterocycles. The minimum Gasteiger partial charge on any atom is -0.306 e. The molecule has 0 saturated heterocycles. The Balaban J connectivity index is 1.75. The van der Waals surface area contributed by atoms with Crippen LogP contribution in [0.1, 0.15) is 35.6 Å². The van der Waals surface area contributed by atoms with Gasteiger partial charge in [0.1, 0.15) is 5.82 Å². The summed E-state index contributed by atoms with van der Waals surface area (Å²) in [6, 6.07) is 17.7. The van der Waals surface area contributed by atoms with Gasteiger partial charge >= 0.3 is 0 Å². The van der Waals surface area contributed by atoms with Crippen molar-refractivity contribution in [3.8, 4) is 0 Å². The van der Waals surface area contributed by atoms with E-state index < -0.39 is 0 Å². The third-order valence-electron chi connectivity index (χ3n) is 4.09. The second kappa shape index (κ2) is 8.64. The Kier molecular flexibility index (Phi) is 6.27. The quantitative estimate of drug-likeness (QED) is 0.390. The van der Waals surface area contributed by atoms with Gasteiger partial charge < -0.3 is 4.57 Å². The van der Waals surface area contributed by atoms with Crippen LogP contribution in [0.25, 0.3) is 0 Å². The van der Waals surface area contributed by atoms with E-state index >= 15 is 0 Å². The van der Waals surface area contributed by atoms with Gasteiger partial charge in [-0.05, 0) is 31.5 Å². The van der Waals surface area contributed by atoms with E-state index in [1.165, 1.54) is 17.3 Å². The molecule has 0 fully saturated rings. The van der Waals surface area contributed by atoms with E-state index in [4.69, 9.17) is 0 Å². The van der Waals surface area contributed by atoms with E-state index in [1.54, 1.807) is 0 Å². The van der Waals surface area contributed by atoms with Crippen molar-refractivity contribution in [3.63, 3.8) is 0 Å². The molecule has 3 aromatic rings. The summed E-state index contributed by atoms with van der Waals surface area (Å²) in [5.74, 6) is 1.02. The monoisotopic (exact) mass is 429 g/mol. The Morgan fingerprint density at radius 3 is 2.46 bits per heavy atom. The van der Waals surface area contributed by atoms with Crippen molar-refractivity contribution in [1.29, 1.82) is 0 Å². The second-order valence-corrected chi connectivity index (χ2v) is 8.16. The van der Waals surface area contributed by atoms with Gasteiger partial charge in [-0.2, -0.15) is 0 Å². The lowest BCUT2D eigenvalue weighted by Crippen LogP contribution is -2.15. The molecule has 4 nitrogen and oxygen atoms in total. The molecule has 0 bridgehead atoms. The number of nitrogens with zero attached hydrogens (tertiary/aromatic N) is 3. The standard InChI is InChI=1S/C20H20BrN3OS/c1-3-24-18(13-15-7-5-4-6-8-15)22-23-20(24)26-14(2)19(25)16-9-11-17(21)12-10-16/h4-12,14H,3,13H2,1-2H3/t14-/m0/s1. The number of rotatable bonds is 7. The molecule has 3 rings (SSSR count). The van der Waals surface area contributed by atoms with Gasteiger partial charge in [0.25, 0.3) is 0 Å². The van der Waals surface area contributed by atoms with Crippen molar-refractivity contribution in [3.05, 3.63) is 76.0 Å². The average Bonchev–Trinajstić information content (AvgIpc) is 3.03. The largest absolute Gasteiger partial charge is 0.306 e. The van der Waals surface area contributed by atoms with Crippen LogP contribution in [0.5, 0.6) is 0 Å². The Morgan fingerprint density at radius 1 is 1.12 bits per heavy atom. The first-order valence-corrected chi connectivity index (χ1v) is 10.2. The zero-order valence-corrected chi connectivity index (χ0v) is 17.1. The van der Waals surface area contributed by atoms with Crippen LogP contribution in [0.15, 0.2) is 64.2 Å². The smallest absolute Gasteiger partial charge is 0.191 e. The number of aromatic nitrogens is 3. The highest BCUT2D eigenvalue weighted by Gasteiger charge is 2.21. The molecule has 1 aromatic heterocycles. The van der Waals surface area contributed by atoms with Crippen molar-refractivity contribution in [1.82, 2.24) is 14.8 Å². The van der Waals surface area contributed by atoms with Gasteiger partial charge in [0.2, 0.25) is 0 Å². The minimum absolute atomic E-state index is 0.0952. The fourth-order valence-corrected chi connectivity index (χ4v) is 3.97. The summed E-state index contributed by atoms with van der Waals surface area (Å²) in [6.45, 7) is 4.76. The minimum atomic E-state index is -0.227. The van der Waals surface area contributed by atoms with E-state index in [0.29, 0.717) is 5.56 Å². The lowest BCUT2D eigenvalue weighted by atomic mass is 10.1. The number of carbonyl (C=O) groups is 1. The van der Waals surface area contributed by atoms with Crippen LogP contribution < -0.4 is 0 Å². The number of Topliss-reactive ketones (excluding diaryl/α,β-unsaturated/α-hetero) is 1. The fourth-order valence-electron chi connectivity index (χ4n) is 2.69. The van der Waals surface area contributed by atoms with E-state index in [-0.39, 0.29) is 11.0 Å². The number of ketones is 1. The van der Waals surface area contributed by atoms with Crippen LogP contribution in [0.2, 0.25) is 0 Å². The van der Waals surface area contributed by atoms with Gasteiger partial charge in [0.15, 0.2) is 10.9 Å². The highest BCUT2D eigenvalue weighted by molar-refractivity contribution is 9.10. The molecule has 0 unspecified atom stereocenters. The van der Waals surface area contributed by atoms with Crippen LogP contribution in [0, 0.1) is 0 Å². The highest BCUT2D eigenvalue weighted by atomic mass is 79.9. The molecule has 0 N–H and O–H groups in total. The van der Waals surface area contributed by atoms with E-state index in [1.807, 2.05) is 49.4 Å². The first-order valence-electron chi connectivity index (χ1n) is 8.51. The molecule has 0 amide bonds. The predicted molar refractivity (Wildman–Crippen MR) is 109 cm³/mol. The first-order chi connectivity index (χ1) is 12.6. The summed E-state index contributed by atoms with van der Waals surface area (Å²) in [4.78, 5) is 12.7. The Morgan fingerprint density at radius 2 is 1.81 bits per heavy atom. The van der Waals surface area contributed by atoms with E-state index in [2.05, 4.69) is 49.8 Å². The Labute approximate surface area is 166 Å². The molecule has 134 valence electrons. The summed E-state index contributed by atoms with van der Waals surface area (Å²) < 4.78 is 3.05. The molecular formula is C20H20BrN3OS. The van der Waals surface area contributed by atoms with Gasteiger partial charge in [-0.15, -0.1) is 10.2 Å². The van der Waals surface area contributed by atoms with Gasteiger partial charge in [0, 0.05) is 23.0 Å². The molecule has 2 aromatic carbocycles. The van der Waals surface area contributed by atoms with Gasteiger partial charge in [-0.3, -0.25) is 4.79 Å².